The van der Waals surface area contributed by atoms with Gasteiger partial charge < -0.3 is 5.32 Å². The van der Waals surface area contributed by atoms with Crippen molar-refractivity contribution in [1.29, 1.82) is 0 Å². The summed E-state index contributed by atoms with van der Waals surface area (Å²) in [7, 11) is 0. The van der Waals surface area contributed by atoms with Gasteiger partial charge in [-0.1, -0.05) is 29.8 Å². The van der Waals surface area contributed by atoms with Crippen LogP contribution in [0, 0.1) is 19.7 Å². The van der Waals surface area contributed by atoms with Crippen molar-refractivity contribution in [2.45, 2.75) is 13.8 Å². The van der Waals surface area contributed by atoms with Gasteiger partial charge in [-0.15, -0.1) is 0 Å². The Balaban J connectivity index is 1.59. The van der Waals surface area contributed by atoms with Gasteiger partial charge in [-0.05, 0) is 74.0 Å². The van der Waals surface area contributed by atoms with Crippen molar-refractivity contribution >= 4 is 34.1 Å². The van der Waals surface area contributed by atoms with Gasteiger partial charge in [0.15, 0.2) is 0 Å². The van der Waals surface area contributed by atoms with Crippen LogP contribution in [-0.2, 0) is 0 Å². The van der Waals surface area contributed by atoms with Crippen molar-refractivity contribution in [2.75, 3.05) is 5.32 Å². The van der Waals surface area contributed by atoms with Gasteiger partial charge in [0, 0.05) is 21.7 Å². The summed E-state index contributed by atoms with van der Waals surface area (Å²) in [6.45, 7) is 3.81. The number of amides is 1. The van der Waals surface area contributed by atoms with Gasteiger partial charge in [0.05, 0.1) is 34.4 Å². The maximum Gasteiger partial charge on any atom is 0.256 e. The molecule has 2 aromatic heterocycles. The summed E-state index contributed by atoms with van der Waals surface area (Å²) in [5, 5.41) is 8.83. The molecule has 5 nitrogen and oxygen atoms in total. The first-order valence-corrected chi connectivity index (χ1v) is 11.1. The van der Waals surface area contributed by atoms with E-state index in [2.05, 4.69) is 10.4 Å². The lowest BCUT2D eigenvalue weighted by Crippen LogP contribution is -2.14. The molecule has 168 valence electrons. The van der Waals surface area contributed by atoms with E-state index in [0.29, 0.717) is 27.5 Å². The molecule has 1 N–H and O–H groups in total. The Morgan fingerprint density at radius 3 is 2.53 bits per heavy atom. The highest BCUT2D eigenvalue weighted by molar-refractivity contribution is 6.30. The summed E-state index contributed by atoms with van der Waals surface area (Å²) in [5.74, 6) is -0.551. The number of anilines is 1. The molecule has 0 radical (unpaired) electrons. The van der Waals surface area contributed by atoms with E-state index in [0.717, 1.165) is 27.9 Å². The first kappa shape index (κ1) is 21.8. The number of hydrogen-bond acceptors (Lipinski definition) is 3. The van der Waals surface area contributed by atoms with Crippen LogP contribution >= 0.6 is 11.6 Å². The van der Waals surface area contributed by atoms with Crippen LogP contribution in [0.5, 0.6) is 0 Å². The molecular weight excluding hydrogens is 451 g/mol. The fourth-order valence-corrected chi connectivity index (χ4v) is 4.19. The first-order valence-electron chi connectivity index (χ1n) is 10.7. The Morgan fingerprint density at radius 2 is 1.76 bits per heavy atom. The molecular formula is C27H20ClFN4O. The van der Waals surface area contributed by atoms with E-state index in [1.807, 2.05) is 38.1 Å². The van der Waals surface area contributed by atoms with Crippen LogP contribution in [0.15, 0.2) is 79.0 Å². The molecule has 5 rings (SSSR count). The highest BCUT2D eigenvalue weighted by Gasteiger charge is 2.18. The summed E-state index contributed by atoms with van der Waals surface area (Å²) in [6, 6.07) is 20.8. The smallest absolute Gasteiger partial charge is 0.256 e. The number of nitrogens with one attached hydrogen (secondary N) is 1. The number of carbonyl (C=O) groups excluding carboxylic acids is 1. The van der Waals surface area contributed by atoms with Crippen molar-refractivity contribution < 1.29 is 9.18 Å². The Bertz CT molecular complexity index is 1540. The SMILES string of the molecule is Cc1cc(Cl)ccc1NC(=O)c1cc(-c2cnn(-c3ccc(F)cc3)c2C)nc2ccccc12. The summed E-state index contributed by atoms with van der Waals surface area (Å²) >= 11 is 6.06. The quantitative estimate of drug-likeness (QED) is 0.316. The second-order valence-electron chi connectivity index (χ2n) is 8.02. The number of benzene rings is 3. The second-order valence-corrected chi connectivity index (χ2v) is 8.45. The molecule has 0 aliphatic carbocycles. The number of rotatable bonds is 4. The molecule has 0 atom stereocenters. The molecule has 5 aromatic rings. The maximum absolute atomic E-state index is 13.4. The fraction of sp³-hybridized carbons (Fsp3) is 0.0741. The monoisotopic (exact) mass is 470 g/mol. The van der Waals surface area contributed by atoms with Gasteiger partial charge in [-0.3, -0.25) is 4.79 Å². The van der Waals surface area contributed by atoms with Crippen LogP contribution < -0.4 is 5.32 Å². The van der Waals surface area contributed by atoms with E-state index in [1.165, 1.54) is 12.1 Å². The van der Waals surface area contributed by atoms with Gasteiger partial charge in [0.2, 0.25) is 0 Å². The largest absolute Gasteiger partial charge is 0.322 e. The predicted molar refractivity (Wildman–Crippen MR) is 133 cm³/mol. The van der Waals surface area contributed by atoms with Crippen molar-refractivity contribution in [3.63, 3.8) is 0 Å². The number of pyridine rings is 1. The average Bonchev–Trinajstić information content (AvgIpc) is 3.21. The number of nitrogens with zero attached hydrogens (tertiary/aromatic N) is 3. The molecule has 7 heteroatoms. The first-order chi connectivity index (χ1) is 16.4. The van der Waals surface area contributed by atoms with Crippen molar-refractivity contribution in [3.8, 4) is 16.9 Å². The van der Waals surface area contributed by atoms with E-state index >= 15 is 0 Å². The van der Waals surface area contributed by atoms with E-state index in [-0.39, 0.29) is 11.7 Å². The molecule has 0 saturated heterocycles. The number of aryl methyl sites for hydroxylation is 1. The fourth-order valence-electron chi connectivity index (χ4n) is 3.96. The predicted octanol–water partition coefficient (Wildman–Crippen LogP) is 6.75. The zero-order valence-corrected chi connectivity index (χ0v) is 19.3. The second kappa shape index (κ2) is 8.72. The molecule has 3 aromatic carbocycles. The van der Waals surface area contributed by atoms with Gasteiger partial charge in [0.1, 0.15) is 5.82 Å². The van der Waals surface area contributed by atoms with Gasteiger partial charge in [-0.25, -0.2) is 14.1 Å². The number of para-hydroxylation sites is 1. The van der Waals surface area contributed by atoms with Crippen molar-refractivity contribution in [1.82, 2.24) is 14.8 Å². The maximum atomic E-state index is 13.4. The molecule has 0 spiro atoms. The van der Waals surface area contributed by atoms with Crippen LogP contribution in [0.1, 0.15) is 21.6 Å². The highest BCUT2D eigenvalue weighted by Crippen LogP contribution is 2.29. The number of carbonyl (C=O) groups is 1. The standard InChI is InChI=1S/C27H20ClFN4O/c1-16-13-18(28)7-12-24(16)32-27(34)22-14-26(31-25-6-4-3-5-21(22)25)23-15-30-33(17(23)2)20-10-8-19(29)9-11-20/h3-15H,1-2H3,(H,32,34). The molecule has 0 saturated carbocycles. The molecule has 0 aliphatic heterocycles. The third-order valence-corrected chi connectivity index (χ3v) is 5.99. The van der Waals surface area contributed by atoms with Crippen LogP contribution in [0.4, 0.5) is 10.1 Å². The third kappa shape index (κ3) is 4.04. The third-order valence-electron chi connectivity index (χ3n) is 5.75. The number of aromatic nitrogens is 3. The molecule has 0 aliphatic rings. The highest BCUT2D eigenvalue weighted by atomic mass is 35.5. The van der Waals surface area contributed by atoms with E-state index in [4.69, 9.17) is 16.6 Å². The van der Waals surface area contributed by atoms with Gasteiger partial charge in [-0.2, -0.15) is 5.10 Å². The zero-order valence-electron chi connectivity index (χ0n) is 18.5. The van der Waals surface area contributed by atoms with E-state index in [9.17, 15) is 9.18 Å². The molecule has 0 bridgehead atoms. The summed E-state index contributed by atoms with van der Waals surface area (Å²) < 4.78 is 15.1. The van der Waals surface area contributed by atoms with Crippen LogP contribution in [-0.4, -0.2) is 20.7 Å². The lowest BCUT2D eigenvalue weighted by molar-refractivity contribution is 0.102. The van der Waals surface area contributed by atoms with Gasteiger partial charge in [0.25, 0.3) is 5.91 Å². The lowest BCUT2D eigenvalue weighted by Gasteiger charge is -2.12. The summed E-state index contributed by atoms with van der Waals surface area (Å²) in [6.07, 6.45) is 1.71. The summed E-state index contributed by atoms with van der Waals surface area (Å²) in [5.41, 5.74) is 5.74. The minimum absolute atomic E-state index is 0.242. The lowest BCUT2D eigenvalue weighted by atomic mass is 10.0. The van der Waals surface area contributed by atoms with Crippen LogP contribution in [0.2, 0.25) is 5.02 Å². The molecule has 34 heavy (non-hydrogen) atoms. The van der Waals surface area contributed by atoms with Crippen molar-refractivity contribution in [3.05, 3.63) is 107 Å². The number of hydrogen-bond donors (Lipinski definition) is 1. The Labute approximate surface area is 200 Å². The number of fused-ring (bicyclic) bond motifs is 1. The molecule has 2 heterocycles. The van der Waals surface area contributed by atoms with E-state index < -0.39 is 0 Å². The Kier molecular flexibility index (Phi) is 5.59. The van der Waals surface area contributed by atoms with Crippen molar-refractivity contribution in [2.24, 2.45) is 0 Å². The molecule has 0 unspecified atom stereocenters. The normalized spacial score (nSPS) is 11.1. The van der Waals surface area contributed by atoms with E-state index in [1.54, 1.807) is 47.3 Å². The average molecular weight is 471 g/mol. The minimum atomic E-state index is -0.309. The number of halogens is 2. The topological polar surface area (TPSA) is 59.8 Å². The van der Waals surface area contributed by atoms with Gasteiger partial charge >= 0.3 is 0 Å². The minimum Gasteiger partial charge on any atom is -0.322 e. The molecule has 0 fully saturated rings. The Hall–Kier alpha value is -4.03. The summed E-state index contributed by atoms with van der Waals surface area (Å²) in [4.78, 5) is 18.2. The zero-order chi connectivity index (χ0) is 23.8. The molecule has 1 amide bonds. The van der Waals surface area contributed by atoms with Crippen LogP contribution in [0.25, 0.3) is 27.8 Å². The Morgan fingerprint density at radius 1 is 1.00 bits per heavy atom. The van der Waals surface area contributed by atoms with Crippen LogP contribution in [0.3, 0.4) is 0 Å².